The zero-order valence-electron chi connectivity index (χ0n) is 18.6. The number of ether oxygens (including phenoxy) is 1. The molecule has 1 aromatic carbocycles. The Balaban J connectivity index is 1.35. The Morgan fingerprint density at radius 3 is 2.58 bits per heavy atom. The highest BCUT2D eigenvalue weighted by Crippen LogP contribution is 2.30. The molecule has 168 valence electrons. The fourth-order valence-corrected chi connectivity index (χ4v) is 4.80. The number of carbonyl (C=O) groups is 2. The number of imidazole rings is 1. The minimum Gasteiger partial charge on any atom is -0.378 e. The van der Waals surface area contributed by atoms with E-state index >= 15 is 0 Å². The van der Waals surface area contributed by atoms with Crippen LogP contribution in [0, 0.1) is 0 Å². The molecule has 0 spiro atoms. The number of nitrogens with zero attached hydrogens (tertiary/aromatic N) is 4. The Morgan fingerprint density at radius 1 is 1.06 bits per heavy atom. The zero-order valence-corrected chi connectivity index (χ0v) is 18.6. The summed E-state index contributed by atoms with van der Waals surface area (Å²) in [6.07, 6.45) is 4.61. The van der Waals surface area contributed by atoms with Gasteiger partial charge in [0.1, 0.15) is 5.82 Å². The molecule has 2 aliphatic rings. The van der Waals surface area contributed by atoms with Crippen molar-refractivity contribution in [1.29, 1.82) is 0 Å². The quantitative estimate of drug-likeness (QED) is 0.682. The number of fused-ring (bicyclic) bond motifs is 1. The number of likely N-dealkylation sites (tertiary alicyclic amines) is 1. The monoisotopic (exact) mass is 426 g/mol. The van der Waals surface area contributed by atoms with E-state index in [4.69, 9.17) is 9.72 Å². The Kier molecular flexibility index (Phi) is 7.22. The van der Waals surface area contributed by atoms with Crippen LogP contribution in [-0.2, 0) is 20.9 Å². The number of carbonyl (C=O) groups excluding carboxylic acids is 2. The number of para-hydroxylation sites is 2. The van der Waals surface area contributed by atoms with E-state index in [1.54, 1.807) is 0 Å². The fraction of sp³-hybridized carbons (Fsp3) is 0.625. The van der Waals surface area contributed by atoms with E-state index in [0.29, 0.717) is 45.6 Å². The first kappa shape index (κ1) is 21.8. The molecule has 2 saturated heterocycles. The van der Waals surface area contributed by atoms with E-state index in [0.717, 1.165) is 50.2 Å². The lowest BCUT2D eigenvalue weighted by molar-refractivity contribution is -0.136. The molecule has 0 bridgehead atoms. The van der Waals surface area contributed by atoms with Gasteiger partial charge in [0.05, 0.1) is 24.2 Å². The number of aromatic nitrogens is 2. The van der Waals surface area contributed by atoms with Gasteiger partial charge in [-0.25, -0.2) is 4.98 Å². The van der Waals surface area contributed by atoms with Crippen molar-refractivity contribution >= 4 is 22.8 Å². The van der Waals surface area contributed by atoms with Crippen LogP contribution >= 0.6 is 0 Å². The van der Waals surface area contributed by atoms with Gasteiger partial charge in [-0.1, -0.05) is 19.1 Å². The Hall–Kier alpha value is -2.41. The highest BCUT2D eigenvalue weighted by atomic mass is 16.5. The summed E-state index contributed by atoms with van der Waals surface area (Å²) in [5.41, 5.74) is 2.22. The third-order valence-corrected chi connectivity index (χ3v) is 6.42. The van der Waals surface area contributed by atoms with Gasteiger partial charge in [-0.05, 0) is 37.8 Å². The zero-order chi connectivity index (χ0) is 21.6. The number of rotatable bonds is 7. The minimum atomic E-state index is 0.140. The van der Waals surface area contributed by atoms with E-state index in [2.05, 4.69) is 29.7 Å². The van der Waals surface area contributed by atoms with E-state index < -0.39 is 0 Å². The van der Waals surface area contributed by atoms with Crippen LogP contribution in [0.3, 0.4) is 0 Å². The van der Waals surface area contributed by atoms with Crippen LogP contribution in [-0.4, -0.2) is 70.6 Å². The molecule has 2 amide bonds. The summed E-state index contributed by atoms with van der Waals surface area (Å²) in [7, 11) is 0. The third kappa shape index (κ3) is 5.09. The average Bonchev–Trinajstić information content (AvgIpc) is 3.18. The Bertz CT molecular complexity index is 903. The van der Waals surface area contributed by atoms with Gasteiger partial charge >= 0.3 is 0 Å². The molecule has 0 N–H and O–H groups in total. The summed E-state index contributed by atoms with van der Waals surface area (Å²) in [6.45, 7) is 7.23. The van der Waals surface area contributed by atoms with Crippen molar-refractivity contribution in [1.82, 2.24) is 19.4 Å². The summed E-state index contributed by atoms with van der Waals surface area (Å²) < 4.78 is 7.64. The number of piperidine rings is 1. The fourth-order valence-electron chi connectivity index (χ4n) is 4.80. The van der Waals surface area contributed by atoms with Crippen LogP contribution in [0.25, 0.3) is 11.0 Å². The number of aryl methyl sites for hydroxylation is 1. The predicted molar refractivity (Wildman–Crippen MR) is 120 cm³/mol. The van der Waals surface area contributed by atoms with Crippen molar-refractivity contribution in [2.24, 2.45) is 0 Å². The molecule has 0 aliphatic carbocycles. The number of amides is 2. The van der Waals surface area contributed by atoms with Gasteiger partial charge in [-0.2, -0.15) is 0 Å². The van der Waals surface area contributed by atoms with Crippen molar-refractivity contribution < 1.29 is 14.3 Å². The lowest BCUT2D eigenvalue weighted by Crippen LogP contribution is -2.41. The number of morpholine rings is 1. The van der Waals surface area contributed by atoms with E-state index in [-0.39, 0.29) is 17.7 Å². The second-order valence-corrected chi connectivity index (χ2v) is 8.64. The lowest BCUT2D eigenvalue weighted by atomic mass is 9.96. The first-order valence-corrected chi connectivity index (χ1v) is 11.8. The molecule has 0 saturated carbocycles. The normalized spacial score (nSPS) is 19.7. The molecular formula is C24H34N4O3. The molecular weight excluding hydrogens is 392 g/mol. The van der Waals surface area contributed by atoms with Gasteiger partial charge in [-0.15, -0.1) is 0 Å². The van der Waals surface area contributed by atoms with Crippen LogP contribution in [0.1, 0.15) is 57.2 Å². The smallest absolute Gasteiger partial charge is 0.222 e. The standard InChI is InChI=1S/C24H34N4O3/c1-2-12-28-21-9-4-3-8-20(21)25-24(28)19-7-6-13-27(18-19)23(30)11-5-10-22(29)26-14-16-31-17-15-26/h3-4,8-9,19H,2,5-7,10-18H2,1H3. The summed E-state index contributed by atoms with van der Waals surface area (Å²) >= 11 is 0. The van der Waals surface area contributed by atoms with E-state index in [9.17, 15) is 9.59 Å². The molecule has 0 radical (unpaired) electrons. The molecule has 4 rings (SSSR count). The van der Waals surface area contributed by atoms with Crippen molar-refractivity contribution in [3.8, 4) is 0 Å². The molecule has 1 unspecified atom stereocenters. The molecule has 2 fully saturated rings. The molecule has 2 aromatic rings. The molecule has 1 aromatic heterocycles. The first-order chi connectivity index (χ1) is 15.2. The highest BCUT2D eigenvalue weighted by molar-refractivity contribution is 5.79. The SMILES string of the molecule is CCCn1c(C2CCCN(C(=O)CCCC(=O)N3CCOCC3)C2)nc2ccccc21. The van der Waals surface area contributed by atoms with Crippen LogP contribution in [0.5, 0.6) is 0 Å². The maximum atomic E-state index is 12.9. The van der Waals surface area contributed by atoms with Gasteiger partial charge in [0.25, 0.3) is 0 Å². The molecule has 3 heterocycles. The summed E-state index contributed by atoms with van der Waals surface area (Å²) in [5.74, 6) is 1.69. The van der Waals surface area contributed by atoms with E-state index in [1.165, 1.54) is 5.52 Å². The van der Waals surface area contributed by atoms with Crippen molar-refractivity contribution in [3.63, 3.8) is 0 Å². The van der Waals surface area contributed by atoms with Gasteiger partial charge in [0, 0.05) is 51.5 Å². The van der Waals surface area contributed by atoms with Gasteiger partial charge in [0.2, 0.25) is 11.8 Å². The van der Waals surface area contributed by atoms with Gasteiger partial charge in [0.15, 0.2) is 0 Å². The average molecular weight is 427 g/mol. The van der Waals surface area contributed by atoms with Gasteiger partial charge in [-0.3, -0.25) is 9.59 Å². The summed E-state index contributed by atoms with van der Waals surface area (Å²) in [5, 5.41) is 0. The largest absolute Gasteiger partial charge is 0.378 e. The molecule has 31 heavy (non-hydrogen) atoms. The minimum absolute atomic E-state index is 0.140. The summed E-state index contributed by atoms with van der Waals surface area (Å²) in [6, 6.07) is 8.31. The van der Waals surface area contributed by atoms with Crippen LogP contribution in [0.2, 0.25) is 0 Å². The molecule has 1 atom stereocenters. The van der Waals surface area contributed by atoms with E-state index in [1.807, 2.05) is 15.9 Å². The number of hydrogen-bond acceptors (Lipinski definition) is 4. The van der Waals surface area contributed by atoms with Crippen LogP contribution in [0.4, 0.5) is 0 Å². The highest BCUT2D eigenvalue weighted by Gasteiger charge is 2.28. The third-order valence-electron chi connectivity index (χ3n) is 6.42. The number of benzene rings is 1. The van der Waals surface area contributed by atoms with Crippen molar-refractivity contribution in [3.05, 3.63) is 30.1 Å². The molecule has 2 aliphatic heterocycles. The second kappa shape index (κ2) is 10.3. The van der Waals surface area contributed by atoms with Crippen molar-refractivity contribution in [2.75, 3.05) is 39.4 Å². The summed E-state index contributed by atoms with van der Waals surface area (Å²) in [4.78, 5) is 34.0. The maximum absolute atomic E-state index is 12.9. The maximum Gasteiger partial charge on any atom is 0.222 e. The van der Waals surface area contributed by atoms with Crippen LogP contribution in [0.15, 0.2) is 24.3 Å². The predicted octanol–water partition coefficient (Wildman–Crippen LogP) is 3.18. The molecule has 7 nitrogen and oxygen atoms in total. The topological polar surface area (TPSA) is 67.7 Å². The Morgan fingerprint density at radius 2 is 1.81 bits per heavy atom. The van der Waals surface area contributed by atoms with Crippen molar-refractivity contribution in [2.45, 2.75) is 57.9 Å². The Labute approximate surface area is 184 Å². The second-order valence-electron chi connectivity index (χ2n) is 8.64. The van der Waals surface area contributed by atoms with Gasteiger partial charge < -0.3 is 19.1 Å². The lowest BCUT2D eigenvalue weighted by Gasteiger charge is -2.33. The first-order valence-electron chi connectivity index (χ1n) is 11.8. The van der Waals surface area contributed by atoms with Crippen LogP contribution < -0.4 is 0 Å². The number of hydrogen-bond donors (Lipinski definition) is 0. The molecule has 7 heteroatoms.